The van der Waals surface area contributed by atoms with Crippen LogP contribution in [0, 0.1) is 17.8 Å². The van der Waals surface area contributed by atoms with E-state index in [0.717, 1.165) is 6.42 Å². The molecule has 4 saturated heterocycles. The molecule has 10 rings (SSSR count). The highest BCUT2D eigenvalue weighted by atomic mass is 16.7. The van der Waals surface area contributed by atoms with Crippen LogP contribution in [0.1, 0.15) is 90.2 Å². The van der Waals surface area contributed by atoms with Crippen molar-refractivity contribution in [2.75, 3.05) is 39.4 Å². The molecule has 4 aliphatic heterocycles. The minimum absolute atomic E-state index is 0.0546. The summed E-state index contributed by atoms with van der Waals surface area (Å²) in [6, 6.07) is 15.4. The molecule has 0 spiro atoms. The SMILES string of the molecule is CCC[C@H](OC1C(NC(C)=O)[C@H](O[C@@H]2CC(C(=O)NCCNC(=O)C3CC(OCc4cc5ccccc5oc4=O)C(O)[C@H](O[C@@H]4OC(CO)[C@H](O)C(OCc5cc6ccccc6oc5=O)C4O)C3)CC(CC)C2O[C@@H]2OC(C)[C@@H](O)C(O)C2O)OC(CO)[C@@H]1O)C(=O)N1CCC1. The lowest BCUT2D eigenvalue weighted by atomic mass is 9.75. The zero-order valence-corrected chi connectivity index (χ0v) is 53.9. The maximum atomic E-state index is 14.5. The molecular formula is C66H90N4O26. The zero-order valence-electron chi connectivity index (χ0n) is 53.9. The third-order valence-corrected chi connectivity index (χ3v) is 19.1. The Kier molecular flexibility index (Phi) is 24.9. The van der Waals surface area contributed by atoms with Crippen LogP contribution in [0.15, 0.2) is 79.1 Å². The largest absolute Gasteiger partial charge is 0.422 e. The van der Waals surface area contributed by atoms with Crippen molar-refractivity contribution in [3.63, 3.8) is 0 Å². The third kappa shape index (κ3) is 16.7. The first-order valence-electron chi connectivity index (χ1n) is 33.0. The fourth-order valence-corrected chi connectivity index (χ4v) is 13.6. The van der Waals surface area contributed by atoms with Crippen molar-refractivity contribution in [2.45, 2.75) is 221 Å². The van der Waals surface area contributed by atoms with E-state index in [4.69, 9.17) is 51.5 Å². The number of carbonyl (C=O) groups excluding carboxylic acids is 4. The minimum atomic E-state index is -1.82. The molecular weight excluding hydrogens is 1260 g/mol. The molecule has 530 valence electrons. The van der Waals surface area contributed by atoms with Gasteiger partial charge >= 0.3 is 11.3 Å². The molecule has 6 heterocycles. The summed E-state index contributed by atoms with van der Waals surface area (Å²) in [5.41, 5.74) is -0.634. The number of likely N-dealkylation sites (tertiary alicyclic amines) is 1. The number of nitrogens with zero attached hydrogens (tertiary/aromatic N) is 1. The van der Waals surface area contributed by atoms with E-state index in [2.05, 4.69) is 16.0 Å². The molecule has 2 aliphatic carbocycles. The van der Waals surface area contributed by atoms with Crippen molar-refractivity contribution < 1.29 is 117 Å². The van der Waals surface area contributed by atoms with Crippen molar-refractivity contribution in [1.29, 1.82) is 0 Å². The van der Waals surface area contributed by atoms with E-state index in [1.54, 1.807) is 59.5 Å². The fraction of sp³-hybridized carbons (Fsp3) is 0.667. The number of aliphatic hydroxyl groups excluding tert-OH is 9. The predicted molar refractivity (Wildman–Crippen MR) is 332 cm³/mol. The summed E-state index contributed by atoms with van der Waals surface area (Å²) in [6.07, 6.45) is -27.3. The Morgan fingerprint density at radius 1 is 0.604 bits per heavy atom. The van der Waals surface area contributed by atoms with Crippen LogP contribution in [0.2, 0.25) is 0 Å². The second-order valence-corrected chi connectivity index (χ2v) is 25.7. The van der Waals surface area contributed by atoms with Gasteiger partial charge in [0.15, 0.2) is 18.9 Å². The van der Waals surface area contributed by atoms with Crippen molar-refractivity contribution >= 4 is 45.6 Å². The summed E-state index contributed by atoms with van der Waals surface area (Å²) >= 11 is 0. The Balaban J connectivity index is 0.840. The van der Waals surface area contributed by atoms with Gasteiger partial charge in [0.2, 0.25) is 17.7 Å². The highest BCUT2D eigenvalue weighted by Gasteiger charge is 2.54. The second-order valence-electron chi connectivity index (χ2n) is 25.7. The molecule has 4 amide bonds. The Morgan fingerprint density at radius 2 is 1.15 bits per heavy atom. The second kappa shape index (κ2) is 32.8. The number of benzene rings is 2. The van der Waals surface area contributed by atoms with Crippen molar-refractivity contribution in [3.05, 3.63) is 92.6 Å². The van der Waals surface area contributed by atoms with E-state index in [0.29, 0.717) is 47.9 Å². The minimum Gasteiger partial charge on any atom is -0.422 e. The van der Waals surface area contributed by atoms with Gasteiger partial charge in [0, 0.05) is 55.7 Å². The Hall–Kier alpha value is -5.98. The molecule has 24 atom stereocenters. The Morgan fingerprint density at radius 3 is 1.72 bits per heavy atom. The molecule has 0 radical (unpaired) electrons. The van der Waals surface area contributed by atoms with Gasteiger partial charge in [-0.2, -0.15) is 0 Å². The highest BCUT2D eigenvalue weighted by molar-refractivity contribution is 5.82. The average Bonchev–Trinajstić information content (AvgIpc) is 0.790. The van der Waals surface area contributed by atoms with Crippen LogP contribution in [0.25, 0.3) is 21.9 Å². The lowest BCUT2D eigenvalue weighted by molar-refractivity contribution is -0.338. The summed E-state index contributed by atoms with van der Waals surface area (Å²) in [5.74, 6) is -4.41. The van der Waals surface area contributed by atoms with Crippen LogP contribution in [0.4, 0.5) is 0 Å². The first kappa shape index (κ1) is 72.8. The lowest BCUT2D eigenvalue weighted by Gasteiger charge is -2.49. The molecule has 30 heteroatoms. The summed E-state index contributed by atoms with van der Waals surface area (Å²) in [7, 11) is 0. The molecule has 2 aromatic heterocycles. The average molecular weight is 1360 g/mol. The number of nitrogens with one attached hydrogen (secondary N) is 3. The van der Waals surface area contributed by atoms with E-state index in [1.807, 2.05) is 13.8 Å². The van der Waals surface area contributed by atoms with Crippen LogP contribution in [0.5, 0.6) is 0 Å². The number of para-hydroxylation sites is 2. The summed E-state index contributed by atoms with van der Waals surface area (Å²) < 4.78 is 67.0. The number of rotatable bonds is 26. The number of hydrogen-bond acceptors (Lipinski definition) is 26. The van der Waals surface area contributed by atoms with E-state index in [-0.39, 0.29) is 68.8 Å². The first-order chi connectivity index (χ1) is 46.1. The first-order valence-corrected chi connectivity index (χ1v) is 33.0. The van der Waals surface area contributed by atoms with Crippen LogP contribution in [-0.2, 0) is 75.0 Å². The number of hydrogen-bond donors (Lipinski definition) is 12. The number of aliphatic hydroxyl groups is 9. The molecule has 30 nitrogen and oxygen atoms in total. The van der Waals surface area contributed by atoms with E-state index >= 15 is 0 Å². The molecule has 4 aromatic rings. The molecule has 6 aliphatic rings. The highest BCUT2D eigenvalue weighted by Crippen LogP contribution is 2.41. The normalized spacial score (nSPS) is 35.2. The van der Waals surface area contributed by atoms with Gasteiger partial charge in [-0.05, 0) is 75.6 Å². The number of ether oxygens (including phenoxy) is 9. The molecule has 96 heavy (non-hydrogen) atoms. The summed E-state index contributed by atoms with van der Waals surface area (Å²) in [6.45, 7) is 4.77. The molecule has 2 saturated carbocycles. The van der Waals surface area contributed by atoms with Crippen LogP contribution < -0.4 is 27.2 Å². The number of fused-ring (bicyclic) bond motifs is 2. The van der Waals surface area contributed by atoms with Gasteiger partial charge in [0.05, 0.1) is 68.1 Å². The molecule has 2 aromatic carbocycles. The summed E-state index contributed by atoms with van der Waals surface area (Å²) in [5, 5.41) is 110. The van der Waals surface area contributed by atoms with Gasteiger partial charge in [0.25, 0.3) is 5.91 Å². The molecule has 6 fully saturated rings. The van der Waals surface area contributed by atoms with Gasteiger partial charge in [-0.3, -0.25) is 19.2 Å². The zero-order chi connectivity index (χ0) is 68.6. The van der Waals surface area contributed by atoms with Crippen molar-refractivity contribution in [2.24, 2.45) is 17.8 Å². The maximum Gasteiger partial charge on any atom is 0.341 e. The Bertz CT molecular complexity index is 3390. The van der Waals surface area contributed by atoms with Gasteiger partial charge in [0.1, 0.15) is 90.5 Å². The molecule has 15 unspecified atom stereocenters. The maximum absolute atomic E-state index is 14.5. The Labute approximate surface area is 551 Å². The predicted octanol–water partition coefficient (Wildman–Crippen LogP) is -1.40. The smallest absolute Gasteiger partial charge is 0.341 e. The summed E-state index contributed by atoms with van der Waals surface area (Å²) in [4.78, 5) is 83.3. The number of carbonyl (C=O) groups is 4. The lowest BCUT2D eigenvalue weighted by Crippen LogP contribution is -2.67. The monoisotopic (exact) mass is 1350 g/mol. The van der Waals surface area contributed by atoms with Gasteiger partial charge in [-0.25, -0.2) is 9.59 Å². The third-order valence-electron chi connectivity index (χ3n) is 19.1. The standard InChI is InChI=1S/C66H90N4O26/c1-5-12-42(61(83)70-19-11-20-70)89-57-48(69-32(4)73)64(94-46(27-71)51(57)76)93-45-26-36(21-33(6-2)56(45)96-65-54(79)53(78)49(74)31(3)88-65)59(81)67-17-18-68-60(82)37-24-43(86-29-38-22-34-13-7-9-15-40(34)90-62(38)84)50(75)44(25-37)92-66-55(80)58(52(77)47(28-72)95-66)87-30-39-23-35-14-8-10-16-41(35)91-63(39)85/h7-10,13-16,22-23,31,33,36-37,42-58,64-66,71-72,74-80H,5-6,11-12,17-21,24-30H2,1-4H3,(H,67,81)(H,68,82)(H,69,73)/t31?,33?,36?,37?,42-,43?,44+,45+,46?,47?,48?,49+,50?,51-,52-,53?,54?,55?,56?,57?,58?,64+,65-,66+/m0/s1. The molecule has 0 bridgehead atoms. The quantitative estimate of drug-likeness (QED) is 0.0254. The topological polar surface area (TPSA) is 433 Å². The van der Waals surface area contributed by atoms with E-state index < -0.39 is 195 Å². The number of amides is 4. The molecule has 12 N–H and O–H groups in total. The van der Waals surface area contributed by atoms with Crippen LogP contribution in [-0.4, -0.2) is 243 Å². The van der Waals surface area contributed by atoms with Crippen molar-refractivity contribution in [1.82, 2.24) is 20.9 Å². The van der Waals surface area contributed by atoms with E-state index in [9.17, 15) is 74.7 Å². The van der Waals surface area contributed by atoms with Gasteiger partial charge < -0.3 is 118 Å². The van der Waals surface area contributed by atoms with E-state index in [1.165, 1.54) is 19.9 Å². The van der Waals surface area contributed by atoms with Crippen LogP contribution in [0.3, 0.4) is 0 Å². The van der Waals surface area contributed by atoms with Gasteiger partial charge in [-0.1, -0.05) is 63.1 Å². The van der Waals surface area contributed by atoms with Crippen molar-refractivity contribution in [3.8, 4) is 0 Å². The van der Waals surface area contributed by atoms with Gasteiger partial charge in [-0.15, -0.1) is 0 Å². The fourth-order valence-electron chi connectivity index (χ4n) is 13.6. The van der Waals surface area contributed by atoms with Crippen LogP contribution >= 0.6 is 0 Å².